The van der Waals surface area contributed by atoms with Crippen molar-refractivity contribution in [1.29, 1.82) is 0 Å². The molecule has 0 bridgehead atoms. The van der Waals surface area contributed by atoms with E-state index in [9.17, 15) is 14.3 Å². The van der Waals surface area contributed by atoms with Crippen molar-refractivity contribution in [3.05, 3.63) is 63.1 Å². The molecule has 1 aliphatic rings. The van der Waals surface area contributed by atoms with Crippen LogP contribution in [0.5, 0.6) is 0 Å². The molecule has 2 unspecified atom stereocenters. The van der Waals surface area contributed by atoms with Gasteiger partial charge in [-0.2, -0.15) is 0 Å². The molecule has 0 amide bonds. The molecule has 0 fully saturated rings. The number of hydrogen-bond donors (Lipinski definition) is 1. The SMILES string of the molecule is CCCCCC(O)c1ccc(C2=C(F)CCC2C)cc1.CCCc1ccc(C(=O)OC)s1. The van der Waals surface area contributed by atoms with E-state index >= 15 is 0 Å². The van der Waals surface area contributed by atoms with E-state index in [4.69, 9.17) is 0 Å². The lowest BCUT2D eigenvalue weighted by atomic mass is 9.94. The second-order valence-corrected chi connectivity index (χ2v) is 9.57. The normalized spacial score (nSPS) is 16.5. The number of benzene rings is 1. The van der Waals surface area contributed by atoms with Crippen LogP contribution in [0.2, 0.25) is 0 Å². The van der Waals surface area contributed by atoms with Crippen molar-refractivity contribution >= 4 is 22.9 Å². The average molecular weight is 461 g/mol. The molecule has 0 saturated carbocycles. The molecule has 0 saturated heterocycles. The van der Waals surface area contributed by atoms with Crippen LogP contribution in [0.4, 0.5) is 4.39 Å². The largest absolute Gasteiger partial charge is 0.465 e. The summed E-state index contributed by atoms with van der Waals surface area (Å²) >= 11 is 1.52. The van der Waals surface area contributed by atoms with E-state index in [1.54, 1.807) is 0 Å². The van der Waals surface area contributed by atoms with Gasteiger partial charge < -0.3 is 9.84 Å². The number of halogens is 1. The second kappa shape index (κ2) is 13.5. The first-order chi connectivity index (χ1) is 15.4. The lowest BCUT2D eigenvalue weighted by molar-refractivity contribution is 0.0606. The van der Waals surface area contributed by atoms with Crippen molar-refractivity contribution < 1.29 is 19.0 Å². The van der Waals surface area contributed by atoms with Gasteiger partial charge in [0.05, 0.1) is 13.2 Å². The zero-order chi connectivity index (χ0) is 23.5. The number of methoxy groups -OCH3 is 1. The summed E-state index contributed by atoms with van der Waals surface area (Å²) in [6.45, 7) is 6.36. The summed E-state index contributed by atoms with van der Waals surface area (Å²) < 4.78 is 18.4. The van der Waals surface area contributed by atoms with Gasteiger partial charge in [0.1, 0.15) is 10.7 Å². The minimum absolute atomic E-state index is 0.0359. The Hall–Kier alpha value is -1.98. The van der Waals surface area contributed by atoms with E-state index in [0.29, 0.717) is 17.2 Å². The van der Waals surface area contributed by atoms with E-state index in [1.807, 2.05) is 36.4 Å². The van der Waals surface area contributed by atoms with Crippen molar-refractivity contribution in [2.45, 2.75) is 78.2 Å². The molecule has 3 rings (SSSR count). The molecular weight excluding hydrogens is 423 g/mol. The molecule has 0 aliphatic heterocycles. The molecule has 0 spiro atoms. The third kappa shape index (κ3) is 7.56. The number of aryl methyl sites for hydroxylation is 1. The monoisotopic (exact) mass is 460 g/mol. The molecule has 1 aromatic carbocycles. The maximum Gasteiger partial charge on any atom is 0.348 e. The fraction of sp³-hybridized carbons (Fsp3) is 0.519. The first-order valence-corrected chi connectivity index (χ1v) is 12.6. The average Bonchev–Trinajstić information content (AvgIpc) is 3.40. The third-order valence-corrected chi connectivity index (χ3v) is 6.94. The quantitative estimate of drug-likeness (QED) is 0.306. The van der Waals surface area contributed by atoms with E-state index in [-0.39, 0.29) is 11.8 Å². The van der Waals surface area contributed by atoms with Crippen LogP contribution in [0, 0.1) is 5.92 Å². The summed E-state index contributed by atoms with van der Waals surface area (Å²) in [6.07, 6.45) is 7.41. The van der Waals surface area contributed by atoms with Gasteiger partial charge in [0, 0.05) is 11.3 Å². The van der Waals surface area contributed by atoms with Crippen LogP contribution >= 0.6 is 11.3 Å². The third-order valence-electron chi connectivity index (χ3n) is 5.81. The Balaban J connectivity index is 0.000000258. The second-order valence-electron chi connectivity index (χ2n) is 8.40. The van der Waals surface area contributed by atoms with E-state index in [0.717, 1.165) is 61.6 Å². The summed E-state index contributed by atoms with van der Waals surface area (Å²) in [5, 5.41) is 10.1. The first-order valence-electron chi connectivity index (χ1n) is 11.7. The van der Waals surface area contributed by atoms with Crippen molar-refractivity contribution in [2.24, 2.45) is 5.92 Å². The van der Waals surface area contributed by atoms with Crippen molar-refractivity contribution in [3.8, 4) is 0 Å². The topological polar surface area (TPSA) is 46.5 Å². The maximum absolute atomic E-state index is 13.8. The molecule has 2 aromatic rings. The molecule has 1 aromatic heterocycles. The standard InChI is InChI=1S/C18H25FO.C9H12O2S/c1-3-4-5-6-17(20)14-8-10-15(11-9-14)18-13(2)7-12-16(18)19;1-3-4-7-5-6-8(12-7)9(10)11-2/h8-11,13,17,20H,3-7,12H2,1-2H3;5-6H,3-4H2,1-2H3. The van der Waals surface area contributed by atoms with Gasteiger partial charge in [0.25, 0.3) is 0 Å². The number of carbonyl (C=O) groups is 1. The van der Waals surface area contributed by atoms with Gasteiger partial charge in [0.2, 0.25) is 0 Å². The fourth-order valence-electron chi connectivity index (χ4n) is 3.94. The molecular formula is C27H37FO3S. The summed E-state index contributed by atoms with van der Waals surface area (Å²) in [6, 6.07) is 11.6. The highest BCUT2D eigenvalue weighted by Gasteiger charge is 2.23. The smallest absolute Gasteiger partial charge is 0.348 e. The molecule has 2 atom stereocenters. The number of rotatable bonds is 9. The van der Waals surface area contributed by atoms with Crippen LogP contribution in [-0.4, -0.2) is 18.2 Å². The van der Waals surface area contributed by atoms with E-state index < -0.39 is 6.10 Å². The van der Waals surface area contributed by atoms with E-state index in [1.165, 1.54) is 23.3 Å². The first kappa shape index (κ1) is 26.3. The maximum atomic E-state index is 13.8. The summed E-state index contributed by atoms with van der Waals surface area (Å²) in [5.41, 5.74) is 2.77. The number of aliphatic hydroxyl groups is 1. The predicted molar refractivity (Wildman–Crippen MR) is 132 cm³/mol. The number of allylic oxidation sites excluding steroid dienone is 2. The van der Waals surface area contributed by atoms with Gasteiger partial charge in [-0.3, -0.25) is 0 Å². The predicted octanol–water partition coefficient (Wildman–Crippen LogP) is 7.90. The van der Waals surface area contributed by atoms with Gasteiger partial charge in [-0.15, -0.1) is 11.3 Å². The Kier molecular flexibility index (Phi) is 11.1. The van der Waals surface area contributed by atoms with Crippen molar-refractivity contribution in [3.63, 3.8) is 0 Å². The number of hydrogen-bond acceptors (Lipinski definition) is 4. The number of esters is 1. The number of aliphatic hydroxyl groups excluding tert-OH is 1. The molecule has 5 heteroatoms. The Morgan fingerprint density at radius 1 is 1.16 bits per heavy atom. The van der Waals surface area contributed by atoms with Crippen molar-refractivity contribution in [1.82, 2.24) is 0 Å². The Morgan fingerprint density at radius 3 is 2.44 bits per heavy atom. The van der Waals surface area contributed by atoms with Crippen LogP contribution in [0.1, 0.15) is 97.5 Å². The fourth-order valence-corrected chi connectivity index (χ4v) is 4.97. The highest BCUT2D eigenvalue weighted by molar-refractivity contribution is 7.13. The van der Waals surface area contributed by atoms with Gasteiger partial charge >= 0.3 is 5.97 Å². The molecule has 1 heterocycles. The van der Waals surface area contributed by atoms with Gasteiger partial charge in [-0.25, -0.2) is 9.18 Å². The number of carbonyl (C=O) groups excluding carboxylic acids is 1. The molecule has 176 valence electrons. The zero-order valence-corrected chi connectivity index (χ0v) is 20.6. The minimum Gasteiger partial charge on any atom is -0.465 e. The van der Waals surface area contributed by atoms with Crippen LogP contribution in [0.3, 0.4) is 0 Å². The highest BCUT2D eigenvalue weighted by Crippen LogP contribution is 2.39. The zero-order valence-electron chi connectivity index (χ0n) is 19.8. The van der Waals surface area contributed by atoms with Gasteiger partial charge in [-0.1, -0.05) is 70.7 Å². The number of ether oxygens (including phenoxy) is 1. The molecule has 32 heavy (non-hydrogen) atoms. The number of unbranched alkanes of at least 4 members (excludes halogenated alkanes) is 2. The minimum atomic E-state index is -0.393. The van der Waals surface area contributed by atoms with Crippen LogP contribution in [0.25, 0.3) is 5.57 Å². The Bertz CT molecular complexity index is 869. The molecule has 0 radical (unpaired) electrons. The molecule has 1 N–H and O–H groups in total. The van der Waals surface area contributed by atoms with Crippen LogP contribution in [-0.2, 0) is 11.2 Å². The van der Waals surface area contributed by atoms with Crippen LogP contribution in [0.15, 0.2) is 42.2 Å². The van der Waals surface area contributed by atoms with E-state index in [2.05, 4.69) is 25.5 Å². The summed E-state index contributed by atoms with van der Waals surface area (Å²) in [5.74, 6) is 0.103. The van der Waals surface area contributed by atoms with Gasteiger partial charge in [-0.05, 0) is 54.0 Å². The van der Waals surface area contributed by atoms with Gasteiger partial charge in [0.15, 0.2) is 0 Å². The number of thiophene rings is 1. The Morgan fingerprint density at radius 2 is 1.88 bits per heavy atom. The molecule has 3 nitrogen and oxygen atoms in total. The Labute approximate surface area is 196 Å². The summed E-state index contributed by atoms with van der Waals surface area (Å²) in [7, 11) is 1.40. The lowest BCUT2D eigenvalue weighted by Crippen LogP contribution is -1.99. The highest BCUT2D eigenvalue weighted by atomic mass is 32.1. The van der Waals surface area contributed by atoms with Crippen molar-refractivity contribution in [2.75, 3.05) is 7.11 Å². The lowest BCUT2D eigenvalue weighted by Gasteiger charge is -2.13. The van der Waals surface area contributed by atoms with Crippen LogP contribution < -0.4 is 0 Å². The molecule has 1 aliphatic carbocycles. The summed E-state index contributed by atoms with van der Waals surface area (Å²) in [4.78, 5) is 13.0.